The Morgan fingerprint density at radius 1 is 1.22 bits per heavy atom. The monoisotopic (exact) mass is 390 g/mol. The maximum absolute atomic E-state index is 13.1. The van der Waals surface area contributed by atoms with Crippen LogP contribution in [0.3, 0.4) is 0 Å². The van der Waals surface area contributed by atoms with Gasteiger partial charge in [0, 0.05) is 6.04 Å². The van der Waals surface area contributed by atoms with Crippen molar-refractivity contribution in [1.29, 1.82) is 0 Å². The standard InChI is InChI=1S/C19H32N2O5.Na/c1-4-8-14(19(25)26-5-2)20-12(3)17(22)21-15-10-7-6-9-13(15)11-16(21)18(23)24;/h12-16,20H,4-11H2,1-3H3,(H,23,24);/q;+1/p-1/t12-,13-,14-,15-,16-;/m0./s1. The van der Waals surface area contributed by atoms with Crippen LogP contribution >= 0.6 is 0 Å². The van der Waals surface area contributed by atoms with E-state index in [9.17, 15) is 19.5 Å². The van der Waals surface area contributed by atoms with E-state index in [1.165, 1.54) is 4.90 Å². The molecular formula is C19H31N2NaO5. The summed E-state index contributed by atoms with van der Waals surface area (Å²) in [5, 5.41) is 14.7. The fraction of sp³-hybridized carbons (Fsp3) is 0.842. The van der Waals surface area contributed by atoms with E-state index in [-0.39, 0.29) is 60.0 Å². The molecule has 1 saturated carbocycles. The summed E-state index contributed by atoms with van der Waals surface area (Å²) in [4.78, 5) is 38.3. The second-order valence-corrected chi connectivity index (χ2v) is 7.41. The first-order valence-electron chi connectivity index (χ1n) is 9.86. The number of hydrogen-bond donors (Lipinski definition) is 1. The van der Waals surface area contributed by atoms with E-state index in [2.05, 4.69) is 5.32 Å². The third kappa shape index (κ3) is 5.92. The first-order valence-corrected chi connectivity index (χ1v) is 9.86. The Labute approximate surface area is 183 Å². The molecule has 7 nitrogen and oxygen atoms in total. The van der Waals surface area contributed by atoms with Crippen LogP contribution in [-0.2, 0) is 19.1 Å². The van der Waals surface area contributed by atoms with Crippen LogP contribution in [0, 0.1) is 5.92 Å². The smallest absolute Gasteiger partial charge is 0.548 e. The Kier molecular flexibility index (Phi) is 10.3. The number of carboxylic acids is 1. The zero-order chi connectivity index (χ0) is 19.3. The van der Waals surface area contributed by atoms with Crippen molar-refractivity contribution in [3.05, 3.63) is 0 Å². The summed E-state index contributed by atoms with van der Waals surface area (Å²) in [7, 11) is 0. The van der Waals surface area contributed by atoms with Gasteiger partial charge in [0.2, 0.25) is 5.91 Å². The van der Waals surface area contributed by atoms with Gasteiger partial charge in [-0.05, 0) is 45.4 Å². The number of carboxylic acid groups (broad SMARTS) is 1. The molecule has 0 radical (unpaired) electrons. The zero-order valence-corrected chi connectivity index (χ0v) is 19.0. The predicted molar refractivity (Wildman–Crippen MR) is 93.9 cm³/mol. The molecule has 1 aliphatic carbocycles. The van der Waals surface area contributed by atoms with Crippen molar-refractivity contribution < 1.29 is 53.8 Å². The van der Waals surface area contributed by atoms with Crippen LogP contribution in [0.2, 0.25) is 0 Å². The fourth-order valence-electron chi connectivity index (χ4n) is 4.38. The first kappa shape index (κ1) is 24.4. The van der Waals surface area contributed by atoms with Crippen molar-refractivity contribution in [1.82, 2.24) is 10.2 Å². The molecule has 2 aliphatic rings. The van der Waals surface area contributed by atoms with E-state index in [0.29, 0.717) is 12.8 Å². The van der Waals surface area contributed by atoms with E-state index in [1.54, 1.807) is 13.8 Å². The van der Waals surface area contributed by atoms with Crippen LogP contribution in [-0.4, -0.2) is 53.5 Å². The Morgan fingerprint density at radius 3 is 2.48 bits per heavy atom. The number of hydrogen-bond acceptors (Lipinski definition) is 6. The van der Waals surface area contributed by atoms with Gasteiger partial charge < -0.3 is 19.5 Å². The van der Waals surface area contributed by atoms with E-state index in [1.807, 2.05) is 6.92 Å². The zero-order valence-electron chi connectivity index (χ0n) is 17.0. The fourth-order valence-corrected chi connectivity index (χ4v) is 4.38. The molecule has 1 aliphatic heterocycles. The number of carbonyl (C=O) groups excluding carboxylic acids is 3. The number of fused-ring (bicyclic) bond motifs is 1. The van der Waals surface area contributed by atoms with Crippen LogP contribution in [0.25, 0.3) is 0 Å². The van der Waals surface area contributed by atoms with Gasteiger partial charge in [0.05, 0.1) is 24.7 Å². The number of likely N-dealkylation sites (tertiary alicyclic amines) is 1. The van der Waals surface area contributed by atoms with E-state index in [0.717, 1.165) is 32.1 Å². The third-order valence-corrected chi connectivity index (χ3v) is 5.58. The number of ether oxygens (including phenoxy) is 1. The molecule has 0 unspecified atom stereocenters. The molecule has 1 saturated heterocycles. The number of aliphatic carboxylic acids is 1. The molecule has 27 heavy (non-hydrogen) atoms. The maximum Gasteiger partial charge on any atom is 1.00 e. The topological polar surface area (TPSA) is 98.8 Å². The molecular weight excluding hydrogens is 359 g/mol. The van der Waals surface area contributed by atoms with Crippen LogP contribution in [0.5, 0.6) is 0 Å². The van der Waals surface area contributed by atoms with Crippen molar-refractivity contribution in [2.75, 3.05) is 6.61 Å². The van der Waals surface area contributed by atoms with Gasteiger partial charge in [-0.15, -0.1) is 0 Å². The quantitative estimate of drug-likeness (QED) is 0.367. The van der Waals surface area contributed by atoms with Crippen LogP contribution in [0.4, 0.5) is 0 Å². The molecule has 1 amide bonds. The number of carbonyl (C=O) groups is 3. The summed E-state index contributed by atoms with van der Waals surface area (Å²) in [5.74, 6) is -1.59. The second kappa shape index (κ2) is 11.4. The van der Waals surface area contributed by atoms with Gasteiger partial charge in [-0.25, -0.2) is 0 Å². The Balaban J connectivity index is 0.00000364. The number of nitrogens with one attached hydrogen (secondary N) is 1. The van der Waals surface area contributed by atoms with Gasteiger partial charge in [-0.1, -0.05) is 26.2 Å². The molecule has 0 aromatic rings. The maximum atomic E-state index is 13.1. The van der Waals surface area contributed by atoms with Crippen molar-refractivity contribution in [2.45, 2.75) is 89.9 Å². The minimum Gasteiger partial charge on any atom is -0.548 e. The number of esters is 1. The number of rotatable bonds is 8. The molecule has 1 heterocycles. The average Bonchev–Trinajstić information content (AvgIpc) is 3.00. The molecule has 8 heteroatoms. The minimum absolute atomic E-state index is 0. The van der Waals surface area contributed by atoms with E-state index >= 15 is 0 Å². The molecule has 0 spiro atoms. The predicted octanol–water partition coefficient (Wildman–Crippen LogP) is -2.39. The largest absolute Gasteiger partial charge is 1.00 e. The third-order valence-electron chi connectivity index (χ3n) is 5.58. The summed E-state index contributed by atoms with van der Waals surface area (Å²) in [6.07, 6.45) is 5.69. The molecule has 1 N–H and O–H groups in total. The molecule has 148 valence electrons. The first-order chi connectivity index (χ1) is 12.4. The number of amides is 1. The SMILES string of the molecule is CCC[C@H](N[C@@H](C)C(=O)N1[C@H](C(=O)[O-])C[C@@H]2CCCC[C@@H]21)C(=O)OCC.[Na+]. The van der Waals surface area contributed by atoms with E-state index < -0.39 is 24.1 Å². The summed E-state index contributed by atoms with van der Waals surface area (Å²) < 4.78 is 5.08. The van der Waals surface area contributed by atoms with Gasteiger partial charge >= 0.3 is 35.5 Å². The van der Waals surface area contributed by atoms with Crippen molar-refractivity contribution >= 4 is 17.8 Å². The van der Waals surface area contributed by atoms with Gasteiger partial charge in [0.15, 0.2) is 0 Å². The van der Waals surface area contributed by atoms with Crippen LogP contribution in [0.15, 0.2) is 0 Å². The Bertz CT molecular complexity index is 530. The van der Waals surface area contributed by atoms with Crippen molar-refractivity contribution in [3.63, 3.8) is 0 Å². The van der Waals surface area contributed by atoms with Gasteiger partial charge in [-0.2, -0.15) is 0 Å². The molecule has 2 fully saturated rings. The molecule has 0 aromatic carbocycles. The minimum atomic E-state index is -1.18. The summed E-state index contributed by atoms with van der Waals surface area (Å²) >= 11 is 0. The summed E-state index contributed by atoms with van der Waals surface area (Å²) in [6.45, 7) is 5.67. The van der Waals surface area contributed by atoms with Crippen LogP contribution in [0.1, 0.15) is 65.7 Å². The van der Waals surface area contributed by atoms with Gasteiger partial charge in [0.1, 0.15) is 6.04 Å². The van der Waals surface area contributed by atoms with Crippen molar-refractivity contribution in [3.8, 4) is 0 Å². The molecule has 0 bridgehead atoms. The number of nitrogens with zero attached hydrogens (tertiary/aromatic N) is 1. The normalized spacial score (nSPS) is 26.5. The van der Waals surface area contributed by atoms with Crippen LogP contribution < -0.4 is 40.0 Å². The van der Waals surface area contributed by atoms with Gasteiger partial charge in [0.25, 0.3) is 0 Å². The second-order valence-electron chi connectivity index (χ2n) is 7.41. The van der Waals surface area contributed by atoms with E-state index in [4.69, 9.17) is 4.74 Å². The van der Waals surface area contributed by atoms with Gasteiger partial charge in [-0.3, -0.25) is 14.9 Å². The summed E-state index contributed by atoms with van der Waals surface area (Å²) in [6, 6.07) is -2.12. The molecule has 0 aromatic heterocycles. The Morgan fingerprint density at radius 2 is 1.89 bits per heavy atom. The molecule has 2 rings (SSSR count). The molecule has 5 atom stereocenters. The van der Waals surface area contributed by atoms with Crippen molar-refractivity contribution in [2.24, 2.45) is 5.92 Å². The summed E-state index contributed by atoms with van der Waals surface area (Å²) in [5.41, 5.74) is 0. The Hall–Kier alpha value is -0.630. The average molecular weight is 390 g/mol.